The van der Waals surface area contributed by atoms with Crippen molar-refractivity contribution >= 4 is 23.3 Å². The molecule has 0 spiro atoms. The number of H-pyrrole nitrogens is 1. The van der Waals surface area contributed by atoms with E-state index in [9.17, 15) is 29.6 Å². The van der Waals surface area contributed by atoms with E-state index in [0.29, 0.717) is 0 Å². The molecule has 0 saturated heterocycles. The number of rotatable bonds is 1. The molecule has 1 aromatic heterocycles. The maximum absolute atomic E-state index is 11.4. The molecule has 2 rings (SSSR count). The summed E-state index contributed by atoms with van der Waals surface area (Å²) in [7, 11) is 0. The summed E-state index contributed by atoms with van der Waals surface area (Å²) in [6.07, 6.45) is 2.01. The van der Waals surface area contributed by atoms with Gasteiger partial charge in [0.2, 0.25) is 17.3 Å². The van der Waals surface area contributed by atoms with E-state index < -0.39 is 39.0 Å². The Morgan fingerprint density at radius 2 is 1.88 bits per heavy atom. The standard InChI is InChI=1S/C9H4N2O6/c12-4-2-1-3-5(7(4)13)8(14)6(11(16)17)9(15)10-3/h1-2H,(H2,10,14,15). The lowest BCUT2D eigenvalue weighted by molar-refractivity contribution is -0.387. The van der Waals surface area contributed by atoms with Gasteiger partial charge in [0.25, 0.3) is 0 Å². The van der Waals surface area contributed by atoms with Crippen molar-refractivity contribution in [3.63, 3.8) is 0 Å². The molecule has 8 heteroatoms. The summed E-state index contributed by atoms with van der Waals surface area (Å²) in [5.74, 6) is -3.11. The van der Waals surface area contributed by atoms with Crippen LogP contribution >= 0.6 is 0 Å². The van der Waals surface area contributed by atoms with E-state index in [0.717, 1.165) is 12.2 Å². The monoisotopic (exact) mass is 236 g/mol. The van der Waals surface area contributed by atoms with Gasteiger partial charge in [-0.1, -0.05) is 0 Å². The molecule has 1 heterocycles. The van der Waals surface area contributed by atoms with Crippen LogP contribution in [-0.2, 0) is 4.79 Å². The zero-order valence-corrected chi connectivity index (χ0v) is 8.09. The van der Waals surface area contributed by atoms with Gasteiger partial charge in [-0.3, -0.25) is 24.5 Å². The summed E-state index contributed by atoms with van der Waals surface area (Å²) in [5.41, 5.74) is -2.97. The van der Waals surface area contributed by atoms with Gasteiger partial charge in [0.1, 0.15) is 0 Å². The molecule has 0 unspecified atom stereocenters. The normalized spacial score (nSPS) is 13.6. The zero-order chi connectivity index (χ0) is 12.7. The van der Waals surface area contributed by atoms with E-state index >= 15 is 0 Å². The van der Waals surface area contributed by atoms with Crippen molar-refractivity contribution in [3.8, 4) is 5.75 Å². The van der Waals surface area contributed by atoms with Crippen LogP contribution in [0.3, 0.4) is 0 Å². The van der Waals surface area contributed by atoms with Crippen molar-refractivity contribution in [2.45, 2.75) is 0 Å². The van der Waals surface area contributed by atoms with Crippen LogP contribution in [0.4, 0.5) is 5.69 Å². The Balaban J connectivity index is 2.88. The Morgan fingerprint density at radius 3 is 2.47 bits per heavy atom. The Labute approximate surface area is 92.3 Å². The van der Waals surface area contributed by atoms with Crippen LogP contribution < -0.4 is 5.56 Å². The molecule has 1 aliphatic rings. The maximum atomic E-state index is 11.4. The number of aromatic nitrogens is 1. The third-order valence-corrected chi connectivity index (χ3v) is 2.23. The van der Waals surface area contributed by atoms with Crippen LogP contribution in [0, 0.1) is 10.1 Å². The molecular formula is C9H4N2O6. The van der Waals surface area contributed by atoms with E-state index in [1.165, 1.54) is 0 Å². The van der Waals surface area contributed by atoms with Crippen LogP contribution in [0.2, 0.25) is 0 Å². The summed E-state index contributed by atoms with van der Waals surface area (Å²) in [5, 5.41) is 20.0. The van der Waals surface area contributed by atoms with Gasteiger partial charge >= 0.3 is 11.2 Å². The van der Waals surface area contributed by atoms with Gasteiger partial charge in [-0.05, 0) is 12.2 Å². The molecule has 8 nitrogen and oxygen atoms in total. The number of hydrogen-bond acceptors (Lipinski definition) is 6. The molecule has 1 aliphatic carbocycles. The minimum absolute atomic E-state index is 0.122. The van der Waals surface area contributed by atoms with Crippen molar-refractivity contribution < 1.29 is 19.6 Å². The van der Waals surface area contributed by atoms with Gasteiger partial charge in [0.05, 0.1) is 16.2 Å². The second-order valence-electron chi connectivity index (χ2n) is 3.22. The predicted molar refractivity (Wildman–Crippen MR) is 53.8 cm³/mol. The maximum Gasteiger partial charge on any atom is 0.375 e. The quantitative estimate of drug-likeness (QED) is 0.393. The average molecular weight is 236 g/mol. The molecular weight excluding hydrogens is 232 g/mol. The number of nitro groups is 1. The first-order valence-electron chi connectivity index (χ1n) is 4.34. The van der Waals surface area contributed by atoms with Crippen LogP contribution in [0.5, 0.6) is 5.75 Å². The van der Waals surface area contributed by atoms with Crippen LogP contribution in [0.15, 0.2) is 10.9 Å². The number of carbonyl (C=O) groups excluding carboxylic acids is 2. The number of carbonyl (C=O) groups is 2. The van der Waals surface area contributed by atoms with Crippen molar-refractivity contribution in [1.29, 1.82) is 0 Å². The minimum atomic E-state index is -1.15. The number of aromatic amines is 1. The Kier molecular flexibility index (Phi) is 2.13. The third-order valence-electron chi connectivity index (χ3n) is 2.23. The third kappa shape index (κ3) is 1.42. The van der Waals surface area contributed by atoms with Crippen molar-refractivity contribution in [2.24, 2.45) is 0 Å². The van der Waals surface area contributed by atoms with Crippen molar-refractivity contribution in [1.82, 2.24) is 4.98 Å². The fraction of sp³-hybridized carbons (Fsp3) is 0. The van der Waals surface area contributed by atoms with E-state index in [2.05, 4.69) is 4.98 Å². The molecule has 0 fully saturated rings. The molecule has 0 atom stereocenters. The van der Waals surface area contributed by atoms with Gasteiger partial charge in [0, 0.05) is 0 Å². The van der Waals surface area contributed by atoms with E-state index in [-0.39, 0.29) is 5.69 Å². The van der Waals surface area contributed by atoms with Crippen LogP contribution in [0.1, 0.15) is 16.1 Å². The number of nitrogens with one attached hydrogen (secondary N) is 1. The van der Waals surface area contributed by atoms with Crippen molar-refractivity contribution in [2.75, 3.05) is 0 Å². The first-order chi connectivity index (χ1) is 7.93. The zero-order valence-electron chi connectivity index (χ0n) is 8.09. The number of fused-ring (bicyclic) bond motifs is 1. The summed E-state index contributed by atoms with van der Waals surface area (Å²) in [6.45, 7) is 0. The minimum Gasteiger partial charge on any atom is -0.501 e. The first-order valence-corrected chi connectivity index (χ1v) is 4.34. The first kappa shape index (κ1) is 10.7. The number of Topliss-reactive ketones (excluding diaryl/α,β-unsaturated/α-hetero) is 1. The molecule has 0 saturated carbocycles. The number of ketones is 2. The van der Waals surface area contributed by atoms with Gasteiger partial charge < -0.3 is 10.1 Å². The molecule has 17 heavy (non-hydrogen) atoms. The van der Waals surface area contributed by atoms with E-state index in [4.69, 9.17) is 0 Å². The molecule has 0 aliphatic heterocycles. The van der Waals surface area contributed by atoms with Crippen molar-refractivity contribution in [3.05, 3.63) is 37.8 Å². The van der Waals surface area contributed by atoms with E-state index in [1.807, 2.05) is 0 Å². The number of allylic oxidation sites excluding steroid dienone is 1. The molecule has 0 bridgehead atoms. The average Bonchev–Trinajstić information content (AvgIpc) is 2.22. The fourth-order valence-corrected chi connectivity index (χ4v) is 1.48. The van der Waals surface area contributed by atoms with E-state index in [1.54, 1.807) is 0 Å². The molecule has 86 valence electrons. The summed E-state index contributed by atoms with van der Waals surface area (Å²) >= 11 is 0. The largest absolute Gasteiger partial charge is 0.501 e. The van der Waals surface area contributed by atoms with Crippen LogP contribution in [-0.4, -0.2) is 26.6 Å². The number of nitrogens with zero attached hydrogens (tertiary/aromatic N) is 1. The highest BCUT2D eigenvalue weighted by atomic mass is 16.6. The summed E-state index contributed by atoms with van der Waals surface area (Å²) in [4.78, 5) is 45.2. The Hall–Kier alpha value is -2.77. The van der Waals surface area contributed by atoms with Gasteiger partial charge in [-0.15, -0.1) is 0 Å². The lowest BCUT2D eigenvalue weighted by atomic mass is 9.98. The number of aromatic hydroxyl groups is 1. The number of pyridine rings is 1. The summed E-state index contributed by atoms with van der Waals surface area (Å²) in [6, 6.07) is 0. The molecule has 0 amide bonds. The Bertz CT molecular complexity index is 654. The molecule has 2 N–H and O–H groups in total. The SMILES string of the molecule is O=C1C=Cc2[nH]c(=O)c([N+](=O)[O-])c(O)c2C1=O. The van der Waals surface area contributed by atoms with Gasteiger partial charge in [-0.2, -0.15) is 0 Å². The highest BCUT2D eigenvalue weighted by molar-refractivity contribution is 6.50. The second-order valence-corrected chi connectivity index (χ2v) is 3.22. The topological polar surface area (TPSA) is 130 Å². The fourth-order valence-electron chi connectivity index (χ4n) is 1.48. The molecule has 1 aromatic rings. The highest BCUT2D eigenvalue weighted by Gasteiger charge is 2.32. The predicted octanol–water partition coefficient (Wildman–Crippen LogP) is -0.233. The highest BCUT2D eigenvalue weighted by Crippen LogP contribution is 2.30. The smallest absolute Gasteiger partial charge is 0.375 e. The second kappa shape index (κ2) is 3.37. The lowest BCUT2D eigenvalue weighted by Gasteiger charge is -2.09. The summed E-state index contributed by atoms with van der Waals surface area (Å²) < 4.78 is 0. The van der Waals surface area contributed by atoms with Gasteiger partial charge in [0.15, 0.2) is 0 Å². The lowest BCUT2D eigenvalue weighted by Crippen LogP contribution is -2.22. The Morgan fingerprint density at radius 1 is 1.24 bits per heavy atom. The molecule has 0 radical (unpaired) electrons. The number of hydrogen-bond donors (Lipinski definition) is 2. The van der Waals surface area contributed by atoms with Crippen LogP contribution in [0.25, 0.3) is 6.08 Å². The molecule has 0 aromatic carbocycles. The van der Waals surface area contributed by atoms with Gasteiger partial charge in [-0.25, -0.2) is 0 Å².